The van der Waals surface area contributed by atoms with E-state index in [1.54, 1.807) is 12.1 Å². The third-order valence-corrected chi connectivity index (χ3v) is 3.19. The second-order valence-corrected chi connectivity index (χ2v) is 6.17. The van der Waals surface area contributed by atoms with E-state index in [1.807, 2.05) is 12.1 Å². The van der Waals surface area contributed by atoms with Crippen LogP contribution in [0.5, 0.6) is 0 Å². The molecule has 112 valence electrons. The Hall–Kier alpha value is -1.51. The lowest BCUT2D eigenvalue weighted by molar-refractivity contribution is 0.0601. The molecule has 0 aliphatic heterocycles. The molecule has 3 nitrogen and oxygen atoms in total. The van der Waals surface area contributed by atoms with Gasteiger partial charge in [0.1, 0.15) is 0 Å². The number of esters is 1. The van der Waals surface area contributed by atoms with Crippen LogP contribution in [0.1, 0.15) is 50.9 Å². The fourth-order valence-electron chi connectivity index (χ4n) is 2.41. The topological polar surface area (TPSA) is 38.3 Å². The summed E-state index contributed by atoms with van der Waals surface area (Å²) in [6, 6.07) is 7.96. The van der Waals surface area contributed by atoms with Crippen molar-refractivity contribution in [2.75, 3.05) is 12.4 Å². The van der Waals surface area contributed by atoms with Crippen molar-refractivity contribution in [3.63, 3.8) is 0 Å². The average molecular weight is 277 g/mol. The van der Waals surface area contributed by atoms with Gasteiger partial charge in [-0.3, -0.25) is 0 Å². The van der Waals surface area contributed by atoms with Crippen LogP contribution < -0.4 is 5.32 Å². The maximum absolute atomic E-state index is 11.4. The highest BCUT2D eigenvalue weighted by Gasteiger charge is 2.13. The van der Waals surface area contributed by atoms with Gasteiger partial charge in [0, 0.05) is 11.7 Å². The summed E-state index contributed by atoms with van der Waals surface area (Å²) in [7, 11) is 1.40. The first-order chi connectivity index (χ1) is 9.42. The highest BCUT2D eigenvalue weighted by atomic mass is 16.5. The molecule has 0 spiro atoms. The molecule has 20 heavy (non-hydrogen) atoms. The van der Waals surface area contributed by atoms with Crippen molar-refractivity contribution in [2.24, 2.45) is 11.8 Å². The summed E-state index contributed by atoms with van der Waals surface area (Å²) in [5, 5.41) is 3.57. The van der Waals surface area contributed by atoms with Gasteiger partial charge < -0.3 is 10.1 Å². The fourth-order valence-corrected chi connectivity index (χ4v) is 2.41. The second-order valence-electron chi connectivity index (χ2n) is 6.17. The summed E-state index contributed by atoms with van der Waals surface area (Å²) in [4.78, 5) is 11.4. The molecule has 0 atom stereocenters. The third kappa shape index (κ3) is 5.64. The van der Waals surface area contributed by atoms with Crippen molar-refractivity contribution in [1.29, 1.82) is 0 Å². The lowest BCUT2D eigenvalue weighted by Gasteiger charge is -2.23. The number of methoxy groups -OCH3 is 1. The first kappa shape index (κ1) is 16.5. The SMILES string of the molecule is COC(=O)c1ccc(NC(CC(C)C)CC(C)C)cc1. The number of carbonyl (C=O) groups is 1. The Morgan fingerprint density at radius 2 is 1.55 bits per heavy atom. The first-order valence-electron chi connectivity index (χ1n) is 7.37. The summed E-state index contributed by atoms with van der Waals surface area (Å²) in [6.07, 6.45) is 2.30. The van der Waals surface area contributed by atoms with Crippen LogP contribution in [0.25, 0.3) is 0 Å². The Morgan fingerprint density at radius 3 is 1.95 bits per heavy atom. The largest absolute Gasteiger partial charge is 0.465 e. The minimum absolute atomic E-state index is 0.294. The molecule has 0 heterocycles. The van der Waals surface area contributed by atoms with Crippen molar-refractivity contribution < 1.29 is 9.53 Å². The lowest BCUT2D eigenvalue weighted by atomic mass is 9.95. The Morgan fingerprint density at radius 1 is 1.05 bits per heavy atom. The van der Waals surface area contributed by atoms with Gasteiger partial charge in [0.2, 0.25) is 0 Å². The standard InChI is InChI=1S/C17H27NO2/c1-12(2)10-16(11-13(3)4)18-15-8-6-14(7-9-15)17(19)20-5/h6-9,12-13,16,18H,10-11H2,1-5H3. The predicted molar refractivity (Wildman–Crippen MR) is 84.1 cm³/mol. The molecule has 0 saturated carbocycles. The van der Waals surface area contributed by atoms with E-state index >= 15 is 0 Å². The van der Waals surface area contributed by atoms with Crippen LogP contribution in [0.2, 0.25) is 0 Å². The molecule has 0 bridgehead atoms. The van der Waals surface area contributed by atoms with Crippen LogP contribution in [0, 0.1) is 11.8 Å². The van der Waals surface area contributed by atoms with E-state index in [2.05, 4.69) is 33.0 Å². The van der Waals surface area contributed by atoms with Crippen molar-refractivity contribution in [1.82, 2.24) is 0 Å². The molecule has 1 rings (SSSR count). The van der Waals surface area contributed by atoms with E-state index in [0.717, 1.165) is 18.5 Å². The summed E-state index contributed by atoms with van der Waals surface area (Å²) in [6.45, 7) is 8.98. The molecule has 0 aliphatic rings. The fraction of sp³-hybridized carbons (Fsp3) is 0.588. The maximum Gasteiger partial charge on any atom is 0.337 e. The van der Waals surface area contributed by atoms with E-state index in [4.69, 9.17) is 4.74 Å². The smallest absolute Gasteiger partial charge is 0.337 e. The Labute approximate surface area is 122 Å². The van der Waals surface area contributed by atoms with E-state index in [1.165, 1.54) is 7.11 Å². The minimum atomic E-state index is -0.294. The molecule has 1 aromatic rings. The quantitative estimate of drug-likeness (QED) is 0.753. The van der Waals surface area contributed by atoms with Gasteiger partial charge in [-0.05, 0) is 48.9 Å². The van der Waals surface area contributed by atoms with E-state index < -0.39 is 0 Å². The van der Waals surface area contributed by atoms with Crippen LogP contribution >= 0.6 is 0 Å². The number of hydrogen-bond donors (Lipinski definition) is 1. The van der Waals surface area contributed by atoms with E-state index in [-0.39, 0.29) is 5.97 Å². The zero-order valence-electron chi connectivity index (χ0n) is 13.3. The van der Waals surface area contributed by atoms with Crippen LogP contribution in [-0.2, 0) is 4.74 Å². The van der Waals surface area contributed by atoms with Gasteiger partial charge in [-0.15, -0.1) is 0 Å². The Kier molecular flexibility index (Phi) is 6.56. The van der Waals surface area contributed by atoms with Gasteiger partial charge in [-0.1, -0.05) is 27.7 Å². The monoisotopic (exact) mass is 277 g/mol. The van der Waals surface area contributed by atoms with Crippen molar-refractivity contribution in [3.8, 4) is 0 Å². The van der Waals surface area contributed by atoms with Crippen LogP contribution in [0.4, 0.5) is 5.69 Å². The van der Waals surface area contributed by atoms with Gasteiger partial charge in [-0.2, -0.15) is 0 Å². The van der Waals surface area contributed by atoms with Crippen molar-refractivity contribution in [2.45, 2.75) is 46.6 Å². The predicted octanol–water partition coefficient (Wildman–Crippen LogP) is 4.35. The zero-order valence-corrected chi connectivity index (χ0v) is 13.3. The molecule has 0 saturated heterocycles. The molecule has 0 aromatic heterocycles. The summed E-state index contributed by atoms with van der Waals surface area (Å²) in [5.41, 5.74) is 1.64. The molecule has 1 N–H and O–H groups in total. The number of ether oxygens (including phenoxy) is 1. The summed E-state index contributed by atoms with van der Waals surface area (Å²) < 4.78 is 4.70. The second kappa shape index (κ2) is 7.93. The van der Waals surface area contributed by atoms with Crippen molar-refractivity contribution in [3.05, 3.63) is 29.8 Å². The normalized spacial score (nSPS) is 11.2. The molecule has 0 radical (unpaired) electrons. The van der Waals surface area contributed by atoms with Crippen LogP contribution in [-0.4, -0.2) is 19.1 Å². The lowest BCUT2D eigenvalue weighted by Crippen LogP contribution is -2.23. The third-order valence-electron chi connectivity index (χ3n) is 3.19. The Bertz CT molecular complexity index is 400. The molecule has 1 aromatic carbocycles. The van der Waals surface area contributed by atoms with E-state index in [0.29, 0.717) is 23.4 Å². The minimum Gasteiger partial charge on any atom is -0.465 e. The van der Waals surface area contributed by atoms with Gasteiger partial charge in [0.25, 0.3) is 0 Å². The number of nitrogens with one attached hydrogen (secondary N) is 1. The highest BCUT2D eigenvalue weighted by molar-refractivity contribution is 5.89. The maximum atomic E-state index is 11.4. The Balaban J connectivity index is 2.70. The van der Waals surface area contributed by atoms with E-state index in [9.17, 15) is 4.79 Å². The average Bonchev–Trinajstić information content (AvgIpc) is 2.37. The van der Waals surface area contributed by atoms with Crippen LogP contribution in [0.15, 0.2) is 24.3 Å². The highest BCUT2D eigenvalue weighted by Crippen LogP contribution is 2.19. The van der Waals surface area contributed by atoms with Gasteiger partial charge in [-0.25, -0.2) is 4.79 Å². The van der Waals surface area contributed by atoms with Gasteiger partial charge >= 0.3 is 5.97 Å². The number of hydrogen-bond acceptors (Lipinski definition) is 3. The molecule has 3 heteroatoms. The number of benzene rings is 1. The zero-order chi connectivity index (χ0) is 15.1. The molecule has 0 fully saturated rings. The number of rotatable bonds is 7. The number of carbonyl (C=O) groups excluding carboxylic acids is 1. The molecule has 0 amide bonds. The molecule has 0 unspecified atom stereocenters. The molecule has 0 aliphatic carbocycles. The first-order valence-corrected chi connectivity index (χ1v) is 7.37. The van der Waals surface area contributed by atoms with Gasteiger partial charge in [0.15, 0.2) is 0 Å². The van der Waals surface area contributed by atoms with Crippen molar-refractivity contribution >= 4 is 11.7 Å². The summed E-state index contributed by atoms with van der Waals surface area (Å²) in [5.74, 6) is 1.04. The molecular formula is C17H27NO2. The summed E-state index contributed by atoms with van der Waals surface area (Å²) >= 11 is 0. The van der Waals surface area contributed by atoms with Gasteiger partial charge in [0.05, 0.1) is 12.7 Å². The number of anilines is 1. The van der Waals surface area contributed by atoms with Crippen LogP contribution in [0.3, 0.4) is 0 Å². The molecular weight excluding hydrogens is 250 g/mol.